The Balaban J connectivity index is 1.62. The molecule has 7 nitrogen and oxygen atoms in total. The van der Waals surface area contributed by atoms with Crippen LogP contribution in [0.4, 0.5) is 28.7 Å². The maximum absolute atomic E-state index is 9.81. The van der Waals surface area contributed by atoms with Crippen LogP contribution in [0, 0.1) is 18.3 Å². The zero-order valence-electron chi connectivity index (χ0n) is 17.6. The number of benzene rings is 2. The molecule has 0 aliphatic rings. The molecular formula is C24H19Cl2N7. The van der Waals surface area contributed by atoms with Crippen molar-refractivity contribution in [1.29, 1.82) is 5.26 Å². The molecule has 0 bridgehead atoms. The SMILES string of the molecule is Cc1cc(C(C#N)c2ccc(Cl)cc2)c(Cl)cc1Nc1ncnc(Nc2cccnc2)c1N. The van der Waals surface area contributed by atoms with Gasteiger partial charge in [0.1, 0.15) is 12.0 Å². The maximum atomic E-state index is 9.81. The normalized spacial score (nSPS) is 11.5. The summed E-state index contributed by atoms with van der Waals surface area (Å²) in [7, 11) is 0. The Bertz CT molecular complexity index is 1320. The lowest BCUT2D eigenvalue weighted by Crippen LogP contribution is -2.07. The Morgan fingerprint density at radius 1 is 1.03 bits per heavy atom. The first-order valence-corrected chi connectivity index (χ1v) is 10.7. The van der Waals surface area contributed by atoms with Gasteiger partial charge in [-0.1, -0.05) is 41.4 Å². The summed E-state index contributed by atoms with van der Waals surface area (Å²) in [4.78, 5) is 12.6. The lowest BCUT2D eigenvalue weighted by molar-refractivity contribution is 1.03. The van der Waals surface area contributed by atoms with Crippen LogP contribution in [0.3, 0.4) is 0 Å². The van der Waals surface area contributed by atoms with Crippen LogP contribution in [0.15, 0.2) is 67.3 Å². The smallest absolute Gasteiger partial charge is 0.159 e. The van der Waals surface area contributed by atoms with Crippen LogP contribution in [0.5, 0.6) is 0 Å². The molecular weight excluding hydrogens is 457 g/mol. The van der Waals surface area contributed by atoms with Crippen molar-refractivity contribution in [2.45, 2.75) is 12.8 Å². The number of anilines is 5. The number of aryl methyl sites for hydroxylation is 1. The van der Waals surface area contributed by atoms with Crippen molar-refractivity contribution < 1.29 is 0 Å². The molecule has 0 fully saturated rings. The van der Waals surface area contributed by atoms with E-state index in [4.69, 9.17) is 28.9 Å². The standard InChI is InChI=1S/C24H19Cl2N7/c1-14-9-18(19(11-27)15-4-6-16(25)7-5-15)20(26)10-21(14)33-24-22(28)23(30-13-31-24)32-17-3-2-8-29-12-17/h2-10,12-13,19H,28H2,1H3,(H2,30,31,32,33). The van der Waals surface area contributed by atoms with E-state index in [-0.39, 0.29) is 0 Å². The van der Waals surface area contributed by atoms with E-state index in [9.17, 15) is 5.26 Å². The van der Waals surface area contributed by atoms with E-state index in [0.29, 0.717) is 38.6 Å². The predicted molar refractivity (Wildman–Crippen MR) is 132 cm³/mol. The van der Waals surface area contributed by atoms with E-state index in [1.165, 1.54) is 6.33 Å². The van der Waals surface area contributed by atoms with Crippen molar-refractivity contribution in [1.82, 2.24) is 15.0 Å². The van der Waals surface area contributed by atoms with E-state index in [1.54, 1.807) is 30.6 Å². The predicted octanol–water partition coefficient (Wildman–Crippen LogP) is 6.21. The molecule has 1 unspecified atom stereocenters. The molecule has 0 radical (unpaired) electrons. The summed E-state index contributed by atoms with van der Waals surface area (Å²) in [5.74, 6) is 0.355. The molecule has 9 heteroatoms. The van der Waals surface area contributed by atoms with Gasteiger partial charge in [0.25, 0.3) is 0 Å². The van der Waals surface area contributed by atoms with Crippen LogP contribution in [0.25, 0.3) is 0 Å². The zero-order valence-corrected chi connectivity index (χ0v) is 19.1. The van der Waals surface area contributed by atoms with Gasteiger partial charge in [-0.3, -0.25) is 4.98 Å². The van der Waals surface area contributed by atoms with Gasteiger partial charge in [-0.05, 0) is 53.9 Å². The highest BCUT2D eigenvalue weighted by Gasteiger charge is 2.19. The minimum absolute atomic E-state index is 0.344. The molecule has 2 aromatic carbocycles. The molecule has 1 atom stereocenters. The summed E-state index contributed by atoms with van der Waals surface area (Å²) in [5, 5.41) is 17.2. The van der Waals surface area contributed by atoms with Crippen LogP contribution in [0.2, 0.25) is 10.0 Å². The van der Waals surface area contributed by atoms with E-state index < -0.39 is 5.92 Å². The van der Waals surface area contributed by atoms with E-state index >= 15 is 0 Å². The van der Waals surface area contributed by atoms with Crippen LogP contribution < -0.4 is 16.4 Å². The van der Waals surface area contributed by atoms with Gasteiger partial charge in [-0.25, -0.2) is 9.97 Å². The monoisotopic (exact) mass is 475 g/mol. The van der Waals surface area contributed by atoms with Crippen molar-refractivity contribution in [3.8, 4) is 6.07 Å². The van der Waals surface area contributed by atoms with Gasteiger partial charge in [0.05, 0.1) is 23.9 Å². The number of pyridine rings is 1. The zero-order chi connectivity index (χ0) is 23.4. The van der Waals surface area contributed by atoms with E-state index in [2.05, 4.69) is 31.7 Å². The molecule has 4 rings (SSSR count). The molecule has 4 N–H and O–H groups in total. The summed E-state index contributed by atoms with van der Waals surface area (Å²) >= 11 is 12.6. The highest BCUT2D eigenvalue weighted by atomic mass is 35.5. The third kappa shape index (κ3) is 4.98. The fourth-order valence-corrected chi connectivity index (χ4v) is 3.73. The summed E-state index contributed by atoms with van der Waals surface area (Å²) in [6.45, 7) is 1.92. The number of nitrogen functional groups attached to an aromatic ring is 1. The summed E-state index contributed by atoms with van der Waals surface area (Å²) in [6.07, 6.45) is 4.76. The molecule has 0 aliphatic carbocycles. The fourth-order valence-electron chi connectivity index (χ4n) is 3.33. The Kier molecular flexibility index (Phi) is 6.59. The highest BCUT2D eigenvalue weighted by molar-refractivity contribution is 6.32. The van der Waals surface area contributed by atoms with Gasteiger partial charge >= 0.3 is 0 Å². The van der Waals surface area contributed by atoms with Crippen molar-refractivity contribution in [2.75, 3.05) is 16.4 Å². The Morgan fingerprint density at radius 2 is 1.76 bits per heavy atom. The lowest BCUT2D eigenvalue weighted by atomic mass is 9.91. The number of hydrogen-bond donors (Lipinski definition) is 3. The number of nitrogens with one attached hydrogen (secondary N) is 2. The van der Waals surface area contributed by atoms with Gasteiger partial charge in [-0.15, -0.1) is 0 Å². The number of hydrogen-bond acceptors (Lipinski definition) is 7. The number of nitrogens with two attached hydrogens (primary N) is 1. The van der Waals surface area contributed by atoms with E-state index in [0.717, 1.165) is 16.8 Å². The van der Waals surface area contributed by atoms with Crippen LogP contribution >= 0.6 is 23.2 Å². The topological polar surface area (TPSA) is 113 Å². The second-order valence-electron chi connectivity index (χ2n) is 7.28. The number of halogens is 2. The van der Waals surface area contributed by atoms with Crippen molar-refractivity contribution in [3.05, 3.63) is 94.0 Å². The average Bonchev–Trinajstić information content (AvgIpc) is 2.82. The summed E-state index contributed by atoms with van der Waals surface area (Å²) < 4.78 is 0. The Morgan fingerprint density at radius 3 is 2.42 bits per heavy atom. The molecule has 0 amide bonds. The largest absolute Gasteiger partial charge is 0.393 e. The average molecular weight is 476 g/mol. The molecule has 0 spiro atoms. The van der Waals surface area contributed by atoms with Gasteiger partial charge in [0, 0.05) is 21.9 Å². The molecule has 4 aromatic rings. The van der Waals surface area contributed by atoms with Gasteiger partial charge in [0.15, 0.2) is 11.6 Å². The van der Waals surface area contributed by atoms with Crippen LogP contribution in [-0.2, 0) is 0 Å². The van der Waals surface area contributed by atoms with Gasteiger partial charge in [-0.2, -0.15) is 5.26 Å². The molecule has 0 aliphatic heterocycles. The number of rotatable bonds is 6. The lowest BCUT2D eigenvalue weighted by Gasteiger charge is -2.17. The van der Waals surface area contributed by atoms with Crippen molar-refractivity contribution in [2.24, 2.45) is 0 Å². The second kappa shape index (κ2) is 9.74. The third-order valence-corrected chi connectivity index (χ3v) is 5.63. The quantitative estimate of drug-likeness (QED) is 0.303. The van der Waals surface area contributed by atoms with Gasteiger partial charge < -0.3 is 16.4 Å². The molecule has 2 aromatic heterocycles. The second-order valence-corrected chi connectivity index (χ2v) is 8.12. The first kappa shape index (κ1) is 22.3. The fraction of sp³-hybridized carbons (Fsp3) is 0.0833. The number of nitriles is 1. The maximum Gasteiger partial charge on any atom is 0.159 e. The molecule has 0 saturated carbocycles. The molecule has 33 heavy (non-hydrogen) atoms. The third-order valence-electron chi connectivity index (χ3n) is 5.05. The molecule has 164 valence electrons. The Labute approximate surface area is 201 Å². The number of aromatic nitrogens is 3. The summed E-state index contributed by atoms with van der Waals surface area (Å²) in [6, 6.07) is 16.8. The highest BCUT2D eigenvalue weighted by Crippen LogP contribution is 2.36. The molecule has 2 heterocycles. The first-order chi connectivity index (χ1) is 16.0. The minimum atomic E-state index is -0.526. The first-order valence-electron chi connectivity index (χ1n) is 9.96. The van der Waals surface area contributed by atoms with Gasteiger partial charge in [0.2, 0.25) is 0 Å². The Hall–Kier alpha value is -3.86. The van der Waals surface area contributed by atoms with Crippen LogP contribution in [0.1, 0.15) is 22.6 Å². The summed E-state index contributed by atoms with van der Waals surface area (Å²) in [5.41, 5.74) is 10.5. The minimum Gasteiger partial charge on any atom is -0.393 e. The van der Waals surface area contributed by atoms with Crippen molar-refractivity contribution >= 4 is 51.9 Å². The van der Waals surface area contributed by atoms with Crippen molar-refractivity contribution in [3.63, 3.8) is 0 Å². The van der Waals surface area contributed by atoms with E-state index in [1.807, 2.05) is 37.3 Å². The molecule has 0 saturated heterocycles. The number of nitrogens with zero attached hydrogens (tertiary/aromatic N) is 4. The van der Waals surface area contributed by atoms with Crippen LogP contribution in [-0.4, -0.2) is 15.0 Å².